The van der Waals surface area contributed by atoms with Gasteiger partial charge in [-0.25, -0.2) is 0 Å². The molecule has 1 aliphatic carbocycles. The van der Waals surface area contributed by atoms with Crippen LogP contribution >= 0.6 is 11.3 Å². The van der Waals surface area contributed by atoms with Gasteiger partial charge in [0.2, 0.25) is 5.91 Å². The average molecular weight is 269 g/mol. The second kappa shape index (κ2) is 5.82. The molecule has 1 heterocycles. The topological polar surface area (TPSA) is 69.6 Å². The molecule has 3 N–H and O–H groups in total. The van der Waals surface area contributed by atoms with E-state index in [0.717, 1.165) is 18.4 Å². The molecule has 1 amide bonds. The summed E-state index contributed by atoms with van der Waals surface area (Å²) in [5.41, 5.74) is -0.00268. The Labute approximate surface area is 111 Å². The van der Waals surface area contributed by atoms with E-state index in [1.807, 2.05) is 16.8 Å². The highest BCUT2D eigenvalue weighted by atomic mass is 32.1. The van der Waals surface area contributed by atoms with Crippen LogP contribution in [0.15, 0.2) is 16.8 Å². The lowest BCUT2D eigenvalue weighted by Gasteiger charge is -2.21. The van der Waals surface area contributed by atoms with Gasteiger partial charge >= 0.3 is 0 Å². The van der Waals surface area contributed by atoms with Crippen LogP contribution in [0.1, 0.15) is 43.8 Å². The standard InChI is InChI=1S/C13H19NO3S/c15-11(10-3-6-18-9-10)8-14-12(16)7-13(17)4-1-2-5-13/h3,6,9,11,15,17H,1-2,4-5,7-8H2,(H,14,16). The first kappa shape index (κ1) is 13.5. The first-order valence-corrected chi connectivity index (χ1v) is 7.23. The Morgan fingerprint density at radius 1 is 1.50 bits per heavy atom. The summed E-state index contributed by atoms with van der Waals surface area (Å²) in [6.45, 7) is 0.200. The molecule has 0 aliphatic heterocycles. The Bertz CT molecular complexity index is 385. The number of hydrogen-bond donors (Lipinski definition) is 3. The third-order valence-electron chi connectivity index (χ3n) is 3.44. The summed E-state index contributed by atoms with van der Waals surface area (Å²) in [7, 11) is 0. The Morgan fingerprint density at radius 2 is 2.22 bits per heavy atom. The minimum absolute atomic E-state index is 0.142. The van der Waals surface area contributed by atoms with Gasteiger partial charge in [0.25, 0.3) is 0 Å². The highest BCUT2D eigenvalue weighted by molar-refractivity contribution is 7.07. The van der Waals surface area contributed by atoms with Gasteiger partial charge in [-0.2, -0.15) is 11.3 Å². The lowest BCUT2D eigenvalue weighted by molar-refractivity contribution is -0.126. The van der Waals surface area contributed by atoms with E-state index in [1.54, 1.807) is 0 Å². The monoisotopic (exact) mass is 269 g/mol. The number of nitrogens with one attached hydrogen (secondary N) is 1. The average Bonchev–Trinajstić information content (AvgIpc) is 2.97. The van der Waals surface area contributed by atoms with E-state index >= 15 is 0 Å². The molecule has 1 unspecified atom stereocenters. The lowest BCUT2D eigenvalue weighted by Crippen LogP contribution is -2.36. The number of thiophene rings is 1. The Morgan fingerprint density at radius 3 is 2.83 bits per heavy atom. The molecule has 0 saturated heterocycles. The highest BCUT2D eigenvalue weighted by Crippen LogP contribution is 2.32. The third-order valence-corrected chi connectivity index (χ3v) is 4.15. The summed E-state index contributed by atoms with van der Waals surface area (Å²) < 4.78 is 0. The number of amides is 1. The molecule has 2 rings (SSSR count). The minimum Gasteiger partial charge on any atom is -0.389 e. The third kappa shape index (κ3) is 3.54. The largest absolute Gasteiger partial charge is 0.389 e. The van der Waals surface area contributed by atoms with Crippen LogP contribution in [0.2, 0.25) is 0 Å². The maximum absolute atomic E-state index is 11.7. The van der Waals surface area contributed by atoms with Crippen LogP contribution in [0.4, 0.5) is 0 Å². The fourth-order valence-electron chi connectivity index (χ4n) is 2.36. The Balaban J connectivity index is 1.75. The number of aliphatic hydroxyl groups is 2. The van der Waals surface area contributed by atoms with Gasteiger partial charge in [-0.3, -0.25) is 4.79 Å². The molecule has 1 saturated carbocycles. The molecule has 4 nitrogen and oxygen atoms in total. The van der Waals surface area contributed by atoms with Gasteiger partial charge in [-0.15, -0.1) is 0 Å². The van der Waals surface area contributed by atoms with E-state index in [1.165, 1.54) is 11.3 Å². The van der Waals surface area contributed by atoms with Crippen LogP contribution < -0.4 is 5.32 Å². The van der Waals surface area contributed by atoms with E-state index in [-0.39, 0.29) is 18.9 Å². The van der Waals surface area contributed by atoms with Crippen molar-refractivity contribution in [2.24, 2.45) is 0 Å². The van der Waals surface area contributed by atoms with Gasteiger partial charge in [0, 0.05) is 6.54 Å². The van der Waals surface area contributed by atoms with Gasteiger partial charge in [0.05, 0.1) is 18.1 Å². The minimum atomic E-state index is -0.822. The van der Waals surface area contributed by atoms with E-state index < -0.39 is 11.7 Å². The van der Waals surface area contributed by atoms with Crippen LogP contribution in [0.25, 0.3) is 0 Å². The Kier molecular flexibility index (Phi) is 4.37. The summed E-state index contributed by atoms with van der Waals surface area (Å²) in [5.74, 6) is -0.186. The second-order valence-corrected chi connectivity index (χ2v) is 5.76. The van der Waals surface area contributed by atoms with Crippen molar-refractivity contribution in [3.8, 4) is 0 Å². The quantitative estimate of drug-likeness (QED) is 0.760. The van der Waals surface area contributed by atoms with Crippen molar-refractivity contribution in [2.45, 2.75) is 43.8 Å². The SMILES string of the molecule is O=C(CC1(O)CCCC1)NCC(O)c1ccsc1. The molecular weight excluding hydrogens is 250 g/mol. The van der Waals surface area contributed by atoms with Gasteiger partial charge in [-0.05, 0) is 35.2 Å². The van der Waals surface area contributed by atoms with Crippen LogP contribution in [-0.4, -0.2) is 28.3 Å². The van der Waals surface area contributed by atoms with Crippen LogP contribution in [-0.2, 0) is 4.79 Å². The summed E-state index contributed by atoms with van der Waals surface area (Å²) in [4.78, 5) is 11.7. The number of rotatable bonds is 5. The predicted octanol–water partition coefficient (Wildman–Crippen LogP) is 1.59. The first-order valence-electron chi connectivity index (χ1n) is 6.28. The zero-order chi connectivity index (χ0) is 13.0. The molecule has 0 aromatic carbocycles. The lowest BCUT2D eigenvalue weighted by atomic mass is 9.97. The van der Waals surface area contributed by atoms with Crippen molar-refractivity contribution >= 4 is 17.2 Å². The van der Waals surface area contributed by atoms with E-state index in [4.69, 9.17) is 0 Å². The summed E-state index contributed by atoms with van der Waals surface area (Å²) in [6, 6.07) is 1.84. The first-order chi connectivity index (χ1) is 8.59. The fourth-order valence-corrected chi connectivity index (χ4v) is 3.07. The molecule has 1 atom stereocenters. The van der Waals surface area contributed by atoms with Gasteiger partial charge in [0.1, 0.15) is 0 Å². The molecule has 1 fully saturated rings. The number of carbonyl (C=O) groups is 1. The molecule has 0 radical (unpaired) electrons. The molecule has 18 heavy (non-hydrogen) atoms. The molecule has 1 aliphatic rings. The summed E-state index contributed by atoms with van der Waals surface area (Å²) >= 11 is 1.51. The van der Waals surface area contributed by atoms with Gasteiger partial charge in [0.15, 0.2) is 0 Å². The number of hydrogen-bond acceptors (Lipinski definition) is 4. The number of aliphatic hydroxyl groups excluding tert-OH is 1. The summed E-state index contributed by atoms with van der Waals surface area (Å²) in [6.07, 6.45) is 2.85. The van der Waals surface area contributed by atoms with E-state index in [9.17, 15) is 15.0 Å². The zero-order valence-electron chi connectivity index (χ0n) is 10.3. The van der Waals surface area contributed by atoms with Crippen molar-refractivity contribution in [2.75, 3.05) is 6.54 Å². The van der Waals surface area contributed by atoms with Crippen LogP contribution in [0, 0.1) is 0 Å². The van der Waals surface area contributed by atoms with Crippen molar-refractivity contribution in [1.29, 1.82) is 0 Å². The van der Waals surface area contributed by atoms with E-state index in [2.05, 4.69) is 5.32 Å². The highest BCUT2D eigenvalue weighted by Gasteiger charge is 2.33. The van der Waals surface area contributed by atoms with Crippen molar-refractivity contribution in [3.63, 3.8) is 0 Å². The second-order valence-electron chi connectivity index (χ2n) is 4.98. The number of carbonyl (C=O) groups excluding carboxylic acids is 1. The smallest absolute Gasteiger partial charge is 0.222 e. The van der Waals surface area contributed by atoms with Gasteiger partial charge < -0.3 is 15.5 Å². The Hall–Kier alpha value is -0.910. The van der Waals surface area contributed by atoms with Crippen LogP contribution in [0.3, 0.4) is 0 Å². The van der Waals surface area contributed by atoms with Crippen LogP contribution in [0.5, 0.6) is 0 Å². The fraction of sp³-hybridized carbons (Fsp3) is 0.615. The normalized spacial score (nSPS) is 19.7. The molecule has 1 aromatic heterocycles. The van der Waals surface area contributed by atoms with Crippen molar-refractivity contribution < 1.29 is 15.0 Å². The summed E-state index contributed by atoms with van der Waals surface area (Å²) in [5, 5.41) is 26.3. The maximum atomic E-state index is 11.7. The predicted molar refractivity (Wildman–Crippen MR) is 70.3 cm³/mol. The van der Waals surface area contributed by atoms with Gasteiger partial charge in [-0.1, -0.05) is 12.8 Å². The van der Waals surface area contributed by atoms with Crippen molar-refractivity contribution in [3.05, 3.63) is 22.4 Å². The van der Waals surface area contributed by atoms with Crippen molar-refractivity contribution in [1.82, 2.24) is 5.32 Å². The molecule has 0 spiro atoms. The molecular formula is C13H19NO3S. The molecule has 100 valence electrons. The zero-order valence-corrected chi connectivity index (χ0v) is 11.1. The van der Waals surface area contributed by atoms with E-state index in [0.29, 0.717) is 12.8 Å². The molecule has 1 aromatic rings. The molecule has 0 bridgehead atoms. The maximum Gasteiger partial charge on any atom is 0.222 e. The molecule has 5 heteroatoms.